The first-order chi connectivity index (χ1) is 18.0. The molecule has 6 aliphatic heterocycles. The number of rotatable bonds is 0. The van der Waals surface area contributed by atoms with Crippen molar-refractivity contribution >= 4 is 135 Å². The molecule has 34 heteroatoms. The summed E-state index contributed by atoms with van der Waals surface area (Å²) in [4.78, 5) is 20.5. The van der Waals surface area contributed by atoms with Gasteiger partial charge in [0.1, 0.15) is 47.6 Å². The summed E-state index contributed by atoms with van der Waals surface area (Å²) in [6.07, 6.45) is 0. The normalized spacial score (nSPS) is 34.1. The lowest BCUT2D eigenvalue weighted by molar-refractivity contribution is 0.0860. The molecule has 0 aliphatic carbocycles. The Morgan fingerprint density at radius 3 is 1.86 bits per heavy atom. The first-order valence-corrected chi connectivity index (χ1v) is 25.2. The van der Waals surface area contributed by atoms with E-state index in [0.717, 1.165) is 0 Å². The van der Waals surface area contributed by atoms with Gasteiger partial charge in [-0.1, -0.05) is 0 Å². The van der Waals surface area contributed by atoms with E-state index in [1.165, 1.54) is 0 Å². The monoisotopic (exact) mass is 755 g/mol. The fraction of sp³-hybridized carbons (Fsp3) is 1.00. The van der Waals surface area contributed by atoms with E-state index in [1.54, 1.807) is 7.05 Å². The van der Waals surface area contributed by atoms with Crippen molar-refractivity contribution in [3.63, 3.8) is 0 Å². The smallest absolute Gasteiger partial charge is 0.383 e. The van der Waals surface area contributed by atoms with Crippen molar-refractivity contribution in [1.82, 2.24) is 4.57 Å². The summed E-state index contributed by atoms with van der Waals surface area (Å²) in [6, 6.07) is 0.198. The third-order valence-electron chi connectivity index (χ3n) is 3.72. The maximum atomic E-state index is 10.3. The first kappa shape index (κ1) is 30.7. The van der Waals surface area contributed by atoms with Gasteiger partial charge >= 0.3 is 8.80 Å². The molecule has 209 valence electrons. The average molecular weight is 756 g/mol. The molecule has 6 fully saturated rings. The van der Waals surface area contributed by atoms with E-state index in [-0.39, 0.29) is 6.04 Å². The van der Waals surface area contributed by atoms with Gasteiger partial charge in [-0.15, -0.1) is 0 Å². The van der Waals surface area contributed by atoms with Crippen LogP contribution in [-0.4, -0.2) is 163 Å². The molecule has 6 aliphatic rings. The minimum absolute atomic E-state index is 0.198. The van der Waals surface area contributed by atoms with Crippen LogP contribution in [0.5, 0.6) is 0 Å². The molecule has 0 aromatic rings. The van der Waals surface area contributed by atoms with Crippen molar-refractivity contribution < 1.29 is 79.5 Å². The summed E-state index contributed by atoms with van der Waals surface area (Å²) < 4.78 is 99.1. The highest BCUT2D eigenvalue weighted by Gasteiger charge is 2.37. The maximum Gasteiger partial charge on any atom is 0.383 e. The topological polar surface area (TPSA) is 201 Å². The van der Waals surface area contributed by atoms with E-state index < -0.39 is 135 Å². The molecule has 0 aromatic heterocycles. The second kappa shape index (κ2) is 15.1. The minimum Gasteiger partial charge on any atom is -0.805 e. The Kier molecular flexibility index (Phi) is 12.5. The van der Waals surface area contributed by atoms with Crippen molar-refractivity contribution in [3.05, 3.63) is 0 Å². The van der Waals surface area contributed by atoms with Crippen molar-refractivity contribution in [1.29, 1.82) is 0 Å². The van der Waals surface area contributed by atoms with Crippen molar-refractivity contribution in [3.8, 4) is 0 Å². The standard InChI is InChI=1S/C3H9NO19Si14/c1-4-2-3-37-21-33-13-27-8-25-11-31(6)17-35(22-37)19-34-16-30(5)10-24-7-26-12-32(18-36(20-34)23-37)14-28-9-29(4)15-33/h5-6H,2-3H2,1H3/q-13/t37-/m1/s1. The average Bonchev–Trinajstić information content (AvgIpc) is 2.81. The number of nitrogens with zero attached hydrogens (tertiary/aromatic N) is 1. The Morgan fingerprint density at radius 2 is 1.14 bits per heavy atom. The molecule has 20 nitrogen and oxygen atoms in total. The third-order valence-corrected chi connectivity index (χ3v) is 26.7. The van der Waals surface area contributed by atoms with E-state index in [1.807, 2.05) is 4.57 Å². The van der Waals surface area contributed by atoms with E-state index in [9.17, 15) is 9.59 Å². The quantitative estimate of drug-likeness (QED) is 0.221. The van der Waals surface area contributed by atoms with Crippen LogP contribution < -0.4 is 0 Å². The lowest BCUT2D eigenvalue weighted by Crippen LogP contribution is -2.67. The second-order valence-corrected chi connectivity index (χ2v) is 27.5. The van der Waals surface area contributed by atoms with Gasteiger partial charge < -0.3 is 84.1 Å². The van der Waals surface area contributed by atoms with Crippen LogP contribution in [0.2, 0.25) is 6.04 Å². The Morgan fingerprint density at radius 1 is 0.595 bits per heavy atom. The molecule has 6 saturated heterocycles. The van der Waals surface area contributed by atoms with Gasteiger partial charge in [0.25, 0.3) is 0 Å². The van der Waals surface area contributed by atoms with Gasteiger partial charge in [0, 0.05) is 6.04 Å². The Hall–Kier alpha value is 2.24. The molecule has 1 spiro atoms. The zero-order valence-corrected chi connectivity index (χ0v) is 31.7. The molecule has 0 aromatic carbocycles. The molecule has 2 N–H and O–H groups in total. The Bertz CT molecular complexity index is 719. The van der Waals surface area contributed by atoms with Crippen LogP contribution in [0.15, 0.2) is 0 Å². The van der Waals surface area contributed by atoms with Gasteiger partial charge in [0.05, 0.1) is 28.5 Å². The Balaban J connectivity index is 1.51. The highest BCUT2D eigenvalue weighted by atomic mass is 28.6. The van der Waals surface area contributed by atoms with Crippen LogP contribution >= 0.6 is 0 Å². The number of fused-ring (bicyclic) bond motifs is 6. The highest BCUT2D eigenvalue weighted by Crippen LogP contribution is 2.27. The van der Waals surface area contributed by atoms with Gasteiger partial charge in [-0.3, -0.25) is 0 Å². The SMILES string of the molecule is CN1CC[Si@@]23O[Si-]4O[Si-](O)O[Si-]O[Si-]O[Si-](O[Si-]1O[Si-]O[Si-]1O[Si-]O[Si-]O[Si-](O)O[Si-](O4)O[Si-](O1)O2)O3. The zero-order chi connectivity index (χ0) is 25.7. The summed E-state index contributed by atoms with van der Waals surface area (Å²) in [5.41, 5.74) is 0. The van der Waals surface area contributed by atoms with E-state index >= 15 is 0 Å². The van der Waals surface area contributed by atoms with Gasteiger partial charge in [0.15, 0.2) is 0 Å². The van der Waals surface area contributed by atoms with E-state index in [0.29, 0.717) is 6.54 Å². The van der Waals surface area contributed by atoms with Crippen LogP contribution in [0.4, 0.5) is 0 Å². The third kappa shape index (κ3) is 9.36. The van der Waals surface area contributed by atoms with Crippen molar-refractivity contribution in [2.24, 2.45) is 0 Å². The first-order valence-electron chi connectivity index (χ1n) is 9.23. The second-order valence-electron chi connectivity index (χ2n) is 6.05. The molecule has 7 bridgehead atoms. The molecule has 0 saturated carbocycles. The summed E-state index contributed by atoms with van der Waals surface area (Å²) in [5, 5.41) is 0. The molecule has 0 unspecified atom stereocenters. The van der Waals surface area contributed by atoms with Gasteiger partial charge in [0.2, 0.25) is 0 Å². The van der Waals surface area contributed by atoms with Gasteiger partial charge in [-0.2, -0.15) is 50.0 Å². The maximum absolute atomic E-state index is 10.3. The number of hydrogen-bond acceptors (Lipinski definition) is 20. The van der Waals surface area contributed by atoms with Gasteiger partial charge in [-0.25, -0.2) is 0 Å². The van der Waals surface area contributed by atoms with E-state index in [4.69, 9.17) is 70.0 Å². The summed E-state index contributed by atoms with van der Waals surface area (Å²) >= 11 is 0. The number of hydrogen-bond donors (Lipinski definition) is 2. The highest BCUT2D eigenvalue weighted by molar-refractivity contribution is 6.82. The summed E-state index contributed by atoms with van der Waals surface area (Å²) in [6.45, 7) is 0.356. The molecule has 6 rings (SSSR count). The molecule has 0 amide bonds. The van der Waals surface area contributed by atoms with Crippen molar-refractivity contribution in [2.45, 2.75) is 6.04 Å². The molecule has 1 atom stereocenters. The van der Waals surface area contributed by atoms with Crippen LogP contribution in [-0.2, 0) is 70.0 Å². The zero-order valence-electron chi connectivity index (χ0n) is 17.7. The molecule has 37 heavy (non-hydrogen) atoms. The van der Waals surface area contributed by atoms with E-state index in [2.05, 4.69) is 0 Å². The predicted molar refractivity (Wildman–Crippen MR) is 121 cm³/mol. The van der Waals surface area contributed by atoms with Crippen LogP contribution in [0.1, 0.15) is 0 Å². The summed E-state index contributed by atoms with van der Waals surface area (Å²) in [5.74, 6) is 0. The molecule has 5 radical (unpaired) electrons. The van der Waals surface area contributed by atoms with Crippen LogP contribution in [0, 0.1) is 0 Å². The largest absolute Gasteiger partial charge is 0.805 e. The molecule has 6 heterocycles. The van der Waals surface area contributed by atoms with Crippen LogP contribution in [0.25, 0.3) is 0 Å². The fourth-order valence-corrected chi connectivity index (χ4v) is 28.3. The minimum atomic E-state index is -3.87. The molecular formula is C3H9NO19Si14-13. The molecular weight excluding hydrogens is 747 g/mol. The lowest BCUT2D eigenvalue weighted by atomic mass is 10.8. The van der Waals surface area contributed by atoms with Crippen LogP contribution in [0.3, 0.4) is 0 Å². The lowest BCUT2D eigenvalue weighted by Gasteiger charge is -2.70. The Labute approximate surface area is 237 Å². The van der Waals surface area contributed by atoms with Crippen molar-refractivity contribution in [2.75, 3.05) is 13.6 Å². The van der Waals surface area contributed by atoms with Gasteiger partial charge in [-0.05, 0) is 13.6 Å². The summed E-state index contributed by atoms with van der Waals surface area (Å²) in [7, 11) is -26.6. The fourth-order valence-electron chi connectivity index (χ4n) is 2.29. The predicted octanol–water partition coefficient (Wildman–Crippen LogP) is -7.26.